The highest BCUT2D eigenvalue weighted by molar-refractivity contribution is 5.86. The molecule has 10 heteroatoms. The van der Waals surface area contributed by atoms with Crippen LogP contribution in [0.4, 0.5) is 4.39 Å². The molecule has 0 saturated carbocycles. The van der Waals surface area contributed by atoms with Crippen molar-refractivity contribution >= 4 is 5.97 Å². The number of carbonyl (C=O) groups excluding carboxylic acids is 1. The molecule has 0 unspecified atom stereocenters. The van der Waals surface area contributed by atoms with Crippen LogP contribution < -0.4 is 9.47 Å². The van der Waals surface area contributed by atoms with Gasteiger partial charge in [0.25, 0.3) is 5.89 Å². The molecule has 4 rings (SSSR count). The highest BCUT2D eigenvalue weighted by Gasteiger charge is 2.17. The lowest BCUT2D eigenvalue weighted by Crippen LogP contribution is -2.03. The van der Waals surface area contributed by atoms with Gasteiger partial charge in [-0.2, -0.15) is 4.98 Å². The number of carbonyl (C=O) groups is 1. The van der Waals surface area contributed by atoms with Crippen LogP contribution in [-0.2, 0) is 11.3 Å². The van der Waals surface area contributed by atoms with Crippen LogP contribution in [0, 0.1) is 5.82 Å². The van der Waals surface area contributed by atoms with Crippen molar-refractivity contribution in [1.82, 2.24) is 15.1 Å². The molecule has 0 saturated heterocycles. The Balaban J connectivity index is 1.51. The molecule has 0 N–H and O–H groups in total. The van der Waals surface area contributed by atoms with Crippen LogP contribution in [-0.4, -0.2) is 35.3 Å². The van der Waals surface area contributed by atoms with Crippen molar-refractivity contribution < 1.29 is 32.3 Å². The molecule has 0 atom stereocenters. The molecule has 0 aliphatic carbocycles. The van der Waals surface area contributed by atoms with E-state index in [4.69, 9.17) is 18.4 Å². The van der Waals surface area contributed by atoms with E-state index in [1.54, 1.807) is 36.4 Å². The molecule has 0 aliphatic rings. The van der Waals surface area contributed by atoms with Gasteiger partial charge in [0.05, 0.1) is 19.8 Å². The van der Waals surface area contributed by atoms with E-state index in [-0.39, 0.29) is 35.5 Å². The fourth-order valence-electron chi connectivity index (χ4n) is 2.73. The molecule has 0 bridgehead atoms. The quantitative estimate of drug-likeness (QED) is 0.407. The molecule has 158 valence electrons. The number of aromatic nitrogens is 3. The van der Waals surface area contributed by atoms with Gasteiger partial charge >= 0.3 is 5.97 Å². The first-order chi connectivity index (χ1) is 15.1. The molecular formula is C21H16FN3O6. The number of benzene rings is 2. The fourth-order valence-corrected chi connectivity index (χ4v) is 2.73. The topological polar surface area (TPSA) is 110 Å². The number of halogens is 1. The van der Waals surface area contributed by atoms with Crippen molar-refractivity contribution in [2.45, 2.75) is 6.61 Å². The zero-order chi connectivity index (χ0) is 21.8. The third kappa shape index (κ3) is 4.22. The van der Waals surface area contributed by atoms with Crippen molar-refractivity contribution in [3.05, 3.63) is 66.1 Å². The molecular weight excluding hydrogens is 409 g/mol. The van der Waals surface area contributed by atoms with Crippen molar-refractivity contribution in [2.75, 3.05) is 14.2 Å². The third-order valence-corrected chi connectivity index (χ3v) is 4.25. The molecule has 0 fully saturated rings. The predicted molar refractivity (Wildman–Crippen MR) is 104 cm³/mol. The monoisotopic (exact) mass is 425 g/mol. The van der Waals surface area contributed by atoms with Gasteiger partial charge < -0.3 is 23.2 Å². The van der Waals surface area contributed by atoms with Gasteiger partial charge in [0.1, 0.15) is 12.1 Å². The Morgan fingerprint density at radius 1 is 1.10 bits per heavy atom. The maximum Gasteiger partial charge on any atom is 0.360 e. The number of ether oxygens (including phenoxy) is 3. The average molecular weight is 425 g/mol. The summed E-state index contributed by atoms with van der Waals surface area (Å²) in [5, 5.41) is 3.91. The van der Waals surface area contributed by atoms with E-state index < -0.39 is 11.8 Å². The van der Waals surface area contributed by atoms with Crippen LogP contribution >= 0.6 is 0 Å². The average Bonchev–Trinajstić information content (AvgIpc) is 3.47. The maximum atomic E-state index is 13.9. The Morgan fingerprint density at radius 2 is 1.94 bits per heavy atom. The molecule has 0 spiro atoms. The lowest BCUT2D eigenvalue weighted by molar-refractivity contribution is 0.0594. The van der Waals surface area contributed by atoms with Crippen LogP contribution in [0.25, 0.3) is 22.8 Å². The van der Waals surface area contributed by atoms with Gasteiger partial charge in [-0.05, 0) is 30.3 Å². The summed E-state index contributed by atoms with van der Waals surface area (Å²) in [5.41, 5.74) is 0.844. The maximum absolute atomic E-state index is 13.9. The molecule has 2 heterocycles. The van der Waals surface area contributed by atoms with E-state index in [0.29, 0.717) is 17.1 Å². The van der Waals surface area contributed by atoms with Gasteiger partial charge in [-0.1, -0.05) is 17.3 Å². The summed E-state index contributed by atoms with van der Waals surface area (Å²) in [4.78, 5) is 19.7. The molecule has 4 aromatic rings. The van der Waals surface area contributed by atoms with E-state index in [0.717, 1.165) is 0 Å². The second-order valence-electron chi connectivity index (χ2n) is 6.18. The summed E-state index contributed by atoms with van der Waals surface area (Å²) < 4.78 is 40.0. The van der Waals surface area contributed by atoms with Gasteiger partial charge in [0.2, 0.25) is 11.7 Å². The minimum absolute atomic E-state index is 0.0354. The summed E-state index contributed by atoms with van der Waals surface area (Å²) in [6, 6.07) is 11.1. The Hall–Kier alpha value is -4.21. The Bertz CT molecular complexity index is 1220. The largest absolute Gasteiger partial charge is 0.493 e. The van der Waals surface area contributed by atoms with Crippen LogP contribution in [0.5, 0.6) is 11.5 Å². The standard InChI is InChI=1S/C21H16FN3O6/c1-27-17-9-12(19-24-20(31-25-19)13-5-3-4-6-14(13)22)7-8-16(17)29-11-18-23-15(10-30-18)21(26)28-2/h3-10H,11H2,1-2H3. The van der Waals surface area contributed by atoms with Gasteiger partial charge in [-0.3, -0.25) is 0 Å². The normalized spacial score (nSPS) is 10.7. The molecule has 0 amide bonds. The summed E-state index contributed by atoms with van der Waals surface area (Å²) in [7, 11) is 2.73. The number of methoxy groups -OCH3 is 2. The highest BCUT2D eigenvalue weighted by Crippen LogP contribution is 2.33. The summed E-state index contributed by atoms with van der Waals surface area (Å²) in [6.07, 6.45) is 1.19. The Kier molecular flexibility index (Phi) is 5.61. The summed E-state index contributed by atoms with van der Waals surface area (Å²) in [5.74, 6) is 0.263. The van der Waals surface area contributed by atoms with Gasteiger partial charge in [0, 0.05) is 5.56 Å². The third-order valence-electron chi connectivity index (χ3n) is 4.25. The first-order valence-electron chi connectivity index (χ1n) is 9.01. The zero-order valence-corrected chi connectivity index (χ0v) is 16.5. The predicted octanol–water partition coefficient (Wildman–Crippen LogP) is 3.90. The van der Waals surface area contributed by atoms with Gasteiger partial charge in [-0.15, -0.1) is 0 Å². The molecule has 2 aromatic heterocycles. The molecule has 31 heavy (non-hydrogen) atoms. The van der Waals surface area contributed by atoms with E-state index in [1.807, 2.05) is 0 Å². The highest BCUT2D eigenvalue weighted by atomic mass is 19.1. The smallest absolute Gasteiger partial charge is 0.360 e. The number of nitrogens with zero attached hydrogens (tertiary/aromatic N) is 3. The van der Waals surface area contributed by atoms with Crippen molar-refractivity contribution in [3.63, 3.8) is 0 Å². The van der Waals surface area contributed by atoms with Crippen LogP contribution in [0.15, 0.2) is 57.7 Å². The lowest BCUT2D eigenvalue weighted by Gasteiger charge is -2.10. The molecule has 0 aliphatic heterocycles. The molecule has 9 nitrogen and oxygen atoms in total. The van der Waals surface area contributed by atoms with E-state index in [9.17, 15) is 9.18 Å². The summed E-state index contributed by atoms with van der Waals surface area (Å²) >= 11 is 0. The molecule has 0 radical (unpaired) electrons. The van der Waals surface area contributed by atoms with Gasteiger partial charge in [-0.25, -0.2) is 14.2 Å². The lowest BCUT2D eigenvalue weighted by atomic mass is 10.2. The zero-order valence-electron chi connectivity index (χ0n) is 16.5. The fraction of sp³-hybridized carbons (Fsp3) is 0.143. The Morgan fingerprint density at radius 3 is 2.71 bits per heavy atom. The van der Waals surface area contributed by atoms with Crippen molar-refractivity contribution in [1.29, 1.82) is 0 Å². The Labute approximate surface area is 175 Å². The molecule has 2 aromatic carbocycles. The number of rotatable bonds is 7. The van der Waals surface area contributed by atoms with Crippen molar-refractivity contribution in [3.8, 4) is 34.3 Å². The number of hydrogen-bond acceptors (Lipinski definition) is 9. The van der Waals surface area contributed by atoms with E-state index >= 15 is 0 Å². The second-order valence-corrected chi connectivity index (χ2v) is 6.18. The van der Waals surface area contributed by atoms with E-state index in [2.05, 4.69) is 19.9 Å². The van der Waals surface area contributed by atoms with Crippen LogP contribution in [0.1, 0.15) is 16.4 Å². The summed E-state index contributed by atoms with van der Waals surface area (Å²) in [6.45, 7) is -0.0354. The van der Waals surface area contributed by atoms with E-state index in [1.165, 1.54) is 26.5 Å². The van der Waals surface area contributed by atoms with Crippen molar-refractivity contribution in [2.24, 2.45) is 0 Å². The number of hydrogen-bond donors (Lipinski definition) is 0. The number of oxazole rings is 1. The van der Waals surface area contributed by atoms with Gasteiger partial charge in [0.15, 0.2) is 23.8 Å². The second kappa shape index (κ2) is 8.66. The number of esters is 1. The minimum Gasteiger partial charge on any atom is -0.493 e. The van der Waals surface area contributed by atoms with Crippen LogP contribution in [0.3, 0.4) is 0 Å². The first-order valence-corrected chi connectivity index (χ1v) is 9.01. The SMILES string of the molecule is COC(=O)c1coc(COc2ccc(-c3noc(-c4ccccc4F)n3)cc2OC)n1. The van der Waals surface area contributed by atoms with Crippen LogP contribution in [0.2, 0.25) is 0 Å². The minimum atomic E-state index is -0.605. The first kappa shape index (κ1) is 20.1.